The molecule has 0 atom stereocenters. The third-order valence-corrected chi connectivity index (χ3v) is 3.91. The molecular formula is C20H24N6O. The minimum atomic E-state index is 0.433. The van der Waals surface area contributed by atoms with E-state index in [0.717, 1.165) is 19.0 Å². The standard InChI is InChI=1S/C20H24N6O/c1-3-21-20(26(2)15-16-9-5-4-6-10-16)23-14-12-18-24-19(27-25-18)17-11-7-8-13-22-17/h4-11,13H,3,12,14-15H2,1-2H3,(H,21,23). The molecule has 0 saturated heterocycles. The lowest BCUT2D eigenvalue weighted by Gasteiger charge is -2.22. The number of nitrogens with zero attached hydrogens (tertiary/aromatic N) is 5. The van der Waals surface area contributed by atoms with E-state index in [0.29, 0.717) is 30.4 Å². The van der Waals surface area contributed by atoms with E-state index in [-0.39, 0.29) is 0 Å². The van der Waals surface area contributed by atoms with E-state index >= 15 is 0 Å². The van der Waals surface area contributed by atoms with Gasteiger partial charge in [0.1, 0.15) is 5.69 Å². The van der Waals surface area contributed by atoms with Crippen LogP contribution in [0.5, 0.6) is 0 Å². The minimum absolute atomic E-state index is 0.433. The molecule has 7 nitrogen and oxygen atoms in total. The van der Waals surface area contributed by atoms with Crippen molar-refractivity contribution in [2.75, 3.05) is 20.1 Å². The van der Waals surface area contributed by atoms with E-state index < -0.39 is 0 Å². The number of hydrogen-bond acceptors (Lipinski definition) is 5. The highest BCUT2D eigenvalue weighted by Gasteiger charge is 2.10. The molecule has 0 amide bonds. The van der Waals surface area contributed by atoms with Crippen LogP contribution in [0.2, 0.25) is 0 Å². The number of aliphatic imine (C=N–C) groups is 1. The molecule has 27 heavy (non-hydrogen) atoms. The van der Waals surface area contributed by atoms with Crippen LogP contribution >= 0.6 is 0 Å². The lowest BCUT2D eigenvalue weighted by molar-refractivity contribution is 0.421. The largest absolute Gasteiger partial charge is 0.357 e. The first-order chi connectivity index (χ1) is 13.3. The second kappa shape index (κ2) is 9.47. The van der Waals surface area contributed by atoms with E-state index in [2.05, 4.69) is 49.4 Å². The topological polar surface area (TPSA) is 79.4 Å². The van der Waals surface area contributed by atoms with Gasteiger partial charge in [-0.3, -0.25) is 9.98 Å². The summed E-state index contributed by atoms with van der Waals surface area (Å²) in [6.45, 7) is 4.23. The molecule has 1 N–H and O–H groups in total. The van der Waals surface area contributed by atoms with Gasteiger partial charge >= 0.3 is 0 Å². The summed E-state index contributed by atoms with van der Waals surface area (Å²) in [6, 6.07) is 15.9. The van der Waals surface area contributed by atoms with Gasteiger partial charge in [-0.25, -0.2) is 0 Å². The summed E-state index contributed by atoms with van der Waals surface area (Å²) in [5, 5.41) is 7.34. The second-order valence-electron chi connectivity index (χ2n) is 6.06. The average molecular weight is 364 g/mol. The monoisotopic (exact) mass is 364 g/mol. The van der Waals surface area contributed by atoms with E-state index in [9.17, 15) is 0 Å². The Hall–Kier alpha value is -3.22. The van der Waals surface area contributed by atoms with Crippen molar-refractivity contribution in [3.05, 3.63) is 66.1 Å². The summed E-state index contributed by atoms with van der Waals surface area (Å²) in [7, 11) is 2.03. The van der Waals surface area contributed by atoms with Crippen LogP contribution in [0, 0.1) is 0 Å². The number of nitrogens with one attached hydrogen (secondary N) is 1. The Labute approximate surface area is 159 Å². The van der Waals surface area contributed by atoms with Crippen molar-refractivity contribution >= 4 is 5.96 Å². The fourth-order valence-corrected chi connectivity index (χ4v) is 2.61. The Morgan fingerprint density at radius 3 is 2.70 bits per heavy atom. The Bertz CT molecular complexity index is 847. The van der Waals surface area contributed by atoms with Gasteiger partial charge in [-0.15, -0.1) is 0 Å². The molecule has 3 aromatic rings. The van der Waals surface area contributed by atoms with Crippen LogP contribution in [-0.4, -0.2) is 46.1 Å². The van der Waals surface area contributed by atoms with Crippen LogP contribution in [0.25, 0.3) is 11.6 Å². The Morgan fingerprint density at radius 2 is 1.96 bits per heavy atom. The van der Waals surface area contributed by atoms with Gasteiger partial charge in [-0.05, 0) is 24.6 Å². The first kappa shape index (κ1) is 18.6. The molecule has 0 aliphatic rings. The maximum absolute atomic E-state index is 5.28. The fraction of sp³-hybridized carbons (Fsp3) is 0.300. The molecule has 0 aliphatic carbocycles. The normalized spacial score (nSPS) is 11.4. The second-order valence-corrected chi connectivity index (χ2v) is 6.06. The van der Waals surface area contributed by atoms with Crippen molar-refractivity contribution in [2.24, 2.45) is 4.99 Å². The van der Waals surface area contributed by atoms with Crippen LogP contribution < -0.4 is 5.32 Å². The van der Waals surface area contributed by atoms with Gasteiger partial charge in [0.2, 0.25) is 0 Å². The first-order valence-corrected chi connectivity index (χ1v) is 9.03. The molecule has 0 unspecified atom stereocenters. The third-order valence-electron chi connectivity index (χ3n) is 3.91. The summed E-state index contributed by atoms with van der Waals surface area (Å²) in [5.74, 6) is 1.92. The van der Waals surface area contributed by atoms with E-state index in [1.54, 1.807) is 6.20 Å². The summed E-state index contributed by atoms with van der Waals surface area (Å²) < 4.78 is 5.28. The molecule has 0 fully saturated rings. The predicted octanol–water partition coefficient (Wildman–Crippen LogP) is 2.77. The molecular weight excluding hydrogens is 340 g/mol. The molecule has 0 spiro atoms. The highest BCUT2D eigenvalue weighted by atomic mass is 16.5. The number of pyridine rings is 1. The molecule has 0 aliphatic heterocycles. The van der Waals surface area contributed by atoms with Crippen LogP contribution in [-0.2, 0) is 13.0 Å². The van der Waals surface area contributed by atoms with Gasteiger partial charge in [0.05, 0.1) is 0 Å². The predicted molar refractivity (Wildman–Crippen MR) is 105 cm³/mol. The van der Waals surface area contributed by atoms with Gasteiger partial charge in [-0.2, -0.15) is 4.98 Å². The number of aromatic nitrogens is 3. The zero-order chi connectivity index (χ0) is 18.9. The number of benzene rings is 1. The van der Waals surface area contributed by atoms with Crippen LogP contribution in [0.15, 0.2) is 64.2 Å². The number of guanidine groups is 1. The quantitative estimate of drug-likeness (QED) is 0.513. The molecule has 3 rings (SSSR count). The zero-order valence-corrected chi connectivity index (χ0v) is 15.7. The van der Waals surface area contributed by atoms with Crippen molar-refractivity contribution < 1.29 is 4.52 Å². The van der Waals surface area contributed by atoms with Crippen molar-refractivity contribution in [3.8, 4) is 11.6 Å². The first-order valence-electron chi connectivity index (χ1n) is 9.03. The fourth-order valence-electron chi connectivity index (χ4n) is 2.61. The Morgan fingerprint density at radius 1 is 1.15 bits per heavy atom. The van der Waals surface area contributed by atoms with E-state index in [1.165, 1.54) is 5.56 Å². The van der Waals surface area contributed by atoms with E-state index in [1.807, 2.05) is 43.4 Å². The van der Waals surface area contributed by atoms with Crippen molar-refractivity contribution in [1.29, 1.82) is 0 Å². The van der Waals surface area contributed by atoms with E-state index in [4.69, 9.17) is 4.52 Å². The maximum Gasteiger partial charge on any atom is 0.276 e. The van der Waals surface area contributed by atoms with Crippen LogP contribution in [0.3, 0.4) is 0 Å². The lowest BCUT2D eigenvalue weighted by atomic mass is 10.2. The Balaban J connectivity index is 1.59. The van der Waals surface area contributed by atoms with Crippen LogP contribution in [0.4, 0.5) is 0 Å². The van der Waals surface area contributed by atoms with Gasteiger partial charge < -0.3 is 14.7 Å². The van der Waals surface area contributed by atoms with Gasteiger partial charge in [0.25, 0.3) is 5.89 Å². The molecule has 0 saturated carbocycles. The minimum Gasteiger partial charge on any atom is -0.357 e. The molecule has 1 aromatic carbocycles. The molecule has 2 aromatic heterocycles. The number of hydrogen-bond donors (Lipinski definition) is 1. The van der Waals surface area contributed by atoms with Crippen molar-refractivity contribution in [1.82, 2.24) is 25.3 Å². The molecule has 7 heteroatoms. The SMILES string of the molecule is CCNC(=NCCc1noc(-c2ccccn2)n1)N(C)Cc1ccccc1. The smallest absolute Gasteiger partial charge is 0.276 e. The molecule has 0 radical (unpaired) electrons. The van der Waals surface area contributed by atoms with Crippen molar-refractivity contribution in [2.45, 2.75) is 19.9 Å². The number of rotatable bonds is 7. The summed E-state index contributed by atoms with van der Waals surface area (Å²) >= 11 is 0. The Kier molecular flexibility index (Phi) is 6.51. The van der Waals surface area contributed by atoms with Gasteiger partial charge in [-0.1, -0.05) is 41.6 Å². The molecule has 2 heterocycles. The molecule has 0 bridgehead atoms. The summed E-state index contributed by atoms with van der Waals surface area (Å²) in [5.41, 5.74) is 1.92. The maximum atomic E-state index is 5.28. The average Bonchev–Trinajstić information content (AvgIpc) is 3.18. The third kappa shape index (κ3) is 5.37. The van der Waals surface area contributed by atoms with Gasteiger partial charge in [0, 0.05) is 39.3 Å². The van der Waals surface area contributed by atoms with Gasteiger partial charge in [0.15, 0.2) is 11.8 Å². The molecule has 140 valence electrons. The lowest BCUT2D eigenvalue weighted by Crippen LogP contribution is -2.38. The highest BCUT2D eigenvalue weighted by Crippen LogP contribution is 2.13. The van der Waals surface area contributed by atoms with Crippen LogP contribution in [0.1, 0.15) is 18.3 Å². The summed E-state index contributed by atoms with van der Waals surface area (Å²) in [6.07, 6.45) is 2.30. The zero-order valence-electron chi connectivity index (χ0n) is 15.7. The van der Waals surface area contributed by atoms with Crippen molar-refractivity contribution in [3.63, 3.8) is 0 Å². The highest BCUT2D eigenvalue weighted by molar-refractivity contribution is 5.79. The summed E-state index contributed by atoms with van der Waals surface area (Å²) in [4.78, 5) is 15.4.